The zero-order valence-corrected chi connectivity index (χ0v) is 14.3. The monoisotopic (exact) mass is 378 g/mol. The van der Waals surface area contributed by atoms with Gasteiger partial charge in [-0.2, -0.15) is 0 Å². The first kappa shape index (κ1) is 15.9. The van der Waals surface area contributed by atoms with E-state index in [9.17, 15) is 8.78 Å². The molecule has 0 aliphatic heterocycles. The van der Waals surface area contributed by atoms with Crippen LogP contribution in [0.5, 0.6) is 0 Å². The normalized spacial score (nSPS) is 12.3. The molecule has 2 aromatic carbocycles. The zero-order chi connectivity index (χ0) is 16.2. The van der Waals surface area contributed by atoms with Crippen LogP contribution in [0.1, 0.15) is 15.9 Å². The Kier molecular flexibility index (Phi) is 4.89. The molecule has 1 heterocycles. The van der Waals surface area contributed by atoms with Gasteiger partial charge in [0.05, 0.1) is 0 Å². The van der Waals surface area contributed by atoms with E-state index in [1.54, 1.807) is 18.6 Å². The summed E-state index contributed by atoms with van der Waals surface area (Å²) in [6.45, 7) is 2.68. The van der Waals surface area contributed by atoms with Gasteiger partial charge in [0.25, 0.3) is 0 Å². The number of halogens is 2. The molecule has 0 spiro atoms. The fourth-order valence-electron chi connectivity index (χ4n) is 2.39. The molecule has 0 saturated heterocycles. The Hall–Kier alpha value is -1.97. The predicted octanol–water partition coefficient (Wildman–Crippen LogP) is 3.24. The van der Waals surface area contributed by atoms with Crippen LogP contribution in [-0.4, -0.2) is 24.5 Å². The summed E-state index contributed by atoms with van der Waals surface area (Å²) < 4.78 is 30.7. The molecule has 1 aromatic heterocycles. The molecule has 1 unspecified atom stereocenters. The Morgan fingerprint density at radius 2 is 2.00 bits per heavy atom. The molecule has 2 nitrogen and oxygen atoms in total. The Labute approximate surface area is 140 Å². The van der Waals surface area contributed by atoms with Crippen LogP contribution < -0.4 is 4.46 Å². The van der Waals surface area contributed by atoms with E-state index < -0.39 is 11.6 Å². The van der Waals surface area contributed by atoms with Crippen LogP contribution in [0.2, 0.25) is 0 Å². The molecule has 118 valence electrons. The molecule has 3 aromatic rings. The van der Waals surface area contributed by atoms with E-state index in [1.807, 2.05) is 22.9 Å². The first-order valence-electron chi connectivity index (χ1n) is 7.26. The molecule has 0 N–H and O–H groups in total. The number of hydrogen-bond acceptors (Lipinski definition) is 1. The second-order valence-electron chi connectivity index (χ2n) is 5.30. The van der Waals surface area contributed by atoms with Gasteiger partial charge in [-0.1, -0.05) is 0 Å². The van der Waals surface area contributed by atoms with Crippen LogP contribution >= 0.6 is 0 Å². The van der Waals surface area contributed by atoms with Crippen LogP contribution in [0.25, 0.3) is 0 Å². The average molecular weight is 377 g/mol. The molecule has 0 amide bonds. The number of aryl methyl sites for hydroxylation is 1. The minimum absolute atomic E-state index is 0.0221. The number of aromatic nitrogens is 2. The van der Waals surface area contributed by atoms with Crippen molar-refractivity contribution in [2.24, 2.45) is 0 Å². The quantitative estimate of drug-likeness (QED) is 0.625. The van der Waals surface area contributed by atoms with Crippen molar-refractivity contribution < 1.29 is 8.78 Å². The molecule has 0 bridgehead atoms. The van der Waals surface area contributed by atoms with Crippen LogP contribution in [0, 0.1) is 18.6 Å². The van der Waals surface area contributed by atoms with E-state index in [4.69, 9.17) is 0 Å². The third-order valence-corrected chi connectivity index (χ3v) is 6.54. The van der Waals surface area contributed by atoms with Crippen LogP contribution in [0.15, 0.2) is 61.2 Å². The summed E-state index contributed by atoms with van der Waals surface area (Å²) in [6, 6.07) is 12.0. The standard InChI is InChI=1S/C18H16F2N2Se/c1-13-4-2-3-5-17(13)23-18(11-22-9-8-21-12-22)15-7-6-14(19)10-16(15)20/h2-10,12,18H,11H2,1H3. The SMILES string of the molecule is Cc1ccccc1[Se]C(Cn1ccnc1)c1ccc(F)cc1F. The van der Waals surface area contributed by atoms with Crippen molar-refractivity contribution in [1.29, 1.82) is 0 Å². The van der Waals surface area contributed by atoms with Crippen molar-refractivity contribution in [3.05, 3.63) is 83.9 Å². The molecular weight excluding hydrogens is 361 g/mol. The molecule has 0 aliphatic carbocycles. The van der Waals surface area contributed by atoms with E-state index in [-0.39, 0.29) is 19.8 Å². The predicted molar refractivity (Wildman–Crippen MR) is 87.9 cm³/mol. The van der Waals surface area contributed by atoms with E-state index >= 15 is 0 Å². The van der Waals surface area contributed by atoms with E-state index in [2.05, 4.69) is 24.0 Å². The Bertz CT molecular complexity index is 787. The molecule has 0 fully saturated rings. The third kappa shape index (κ3) is 3.87. The van der Waals surface area contributed by atoms with Crippen molar-refractivity contribution in [2.45, 2.75) is 18.3 Å². The maximum absolute atomic E-state index is 14.3. The van der Waals surface area contributed by atoms with E-state index in [0.717, 1.165) is 6.07 Å². The maximum atomic E-state index is 14.3. The van der Waals surface area contributed by atoms with Gasteiger partial charge >= 0.3 is 140 Å². The van der Waals surface area contributed by atoms with Crippen molar-refractivity contribution in [3.8, 4) is 0 Å². The van der Waals surface area contributed by atoms with Gasteiger partial charge in [0.2, 0.25) is 0 Å². The van der Waals surface area contributed by atoms with Gasteiger partial charge in [0, 0.05) is 0 Å². The molecule has 3 rings (SSSR count). The van der Waals surface area contributed by atoms with Gasteiger partial charge < -0.3 is 0 Å². The van der Waals surface area contributed by atoms with E-state index in [1.165, 1.54) is 16.1 Å². The topological polar surface area (TPSA) is 17.8 Å². The third-order valence-electron chi connectivity index (χ3n) is 3.61. The Morgan fingerprint density at radius 3 is 2.70 bits per heavy atom. The Balaban J connectivity index is 1.94. The molecule has 0 aliphatic rings. The first-order valence-corrected chi connectivity index (χ1v) is 9.11. The van der Waals surface area contributed by atoms with Gasteiger partial charge in [-0.3, -0.25) is 0 Å². The van der Waals surface area contributed by atoms with Gasteiger partial charge in [-0.05, 0) is 0 Å². The zero-order valence-electron chi connectivity index (χ0n) is 12.6. The number of benzene rings is 2. The minimum atomic E-state index is -0.545. The van der Waals surface area contributed by atoms with Gasteiger partial charge in [-0.25, -0.2) is 0 Å². The molecule has 0 radical (unpaired) electrons. The molecule has 5 heteroatoms. The summed E-state index contributed by atoms with van der Waals surface area (Å²) >= 11 is 0.0221. The van der Waals surface area contributed by atoms with Gasteiger partial charge in [-0.15, -0.1) is 0 Å². The Morgan fingerprint density at radius 1 is 1.17 bits per heavy atom. The number of imidazole rings is 1. The number of nitrogens with zero attached hydrogens (tertiary/aromatic N) is 2. The van der Waals surface area contributed by atoms with Crippen molar-refractivity contribution in [2.75, 3.05) is 0 Å². The summed E-state index contributed by atoms with van der Waals surface area (Å²) in [7, 11) is 0. The summed E-state index contributed by atoms with van der Waals surface area (Å²) in [6.07, 6.45) is 5.30. The summed E-state index contributed by atoms with van der Waals surface area (Å²) in [5.74, 6) is -1.03. The van der Waals surface area contributed by atoms with Crippen LogP contribution in [0.4, 0.5) is 8.78 Å². The number of rotatable bonds is 5. The van der Waals surface area contributed by atoms with Gasteiger partial charge in [0.15, 0.2) is 0 Å². The summed E-state index contributed by atoms with van der Waals surface area (Å²) in [4.78, 5) is 4.02. The second-order valence-corrected chi connectivity index (χ2v) is 7.91. The van der Waals surface area contributed by atoms with Crippen molar-refractivity contribution >= 4 is 19.4 Å². The van der Waals surface area contributed by atoms with Crippen LogP contribution in [-0.2, 0) is 6.54 Å². The van der Waals surface area contributed by atoms with Crippen molar-refractivity contribution in [3.63, 3.8) is 0 Å². The van der Waals surface area contributed by atoms with Crippen LogP contribution in [0.3, 0.4) is 0 Å². The fraction of sp³-hybridized carbons (Fsp3) is 0.167. The first-order chi connectivity index (χ1) is 11.1. The second kappa shape index (κ2) is 7.07. The molecule has 0 saturated carbocycles. The summed E-state index contributed by atoms with van der Waals surface area (Å²) in [5.41, 5.74) is 1.76. The average Bonchev–Trinajstić information content (AvgIpc) is 3.02. The molecule has 1 atom stereocenters. The fourth-order valence-corrected chi connectivity index (χ4v) is 5.08. The molecule has 23 heavy (non-hydrogen) atoms. The molecular formula is C18H16F2N2Se. The number of hydrogen-bond donors (Lipinski definition) is 0. The summed E-state index contributed by atoms with van der Waals surface area (Å²) in [5, 5.41) is 0. The van der Waals surface area contributed by atoms with E-state index in [0.29, 0.717) is 12.1 Å². The van der Waals surface area contributed by atoms with Crippen molar-refractivity contribution in [1.82, 2.24) is 9.55 Å². The van der Waals surface area contributed by atoms with Gasteiger partial charge in [0.1, 0.15) is 0 Å².